The van der Waals surface area contributed by atoms with Gasteiger partial charge in [0.15, 0.2) is 17.2 Å². The largest absolute Gasteiger partial charge is 0.494 e. The standard InChI is InChI=1S/C20H19N5O4/c1-12-18(22-24-25(12)14-7-5-6-8-15(14)26-2)20-21-19(23-29-20)13-9-10-16(27-3)17(11-13)28-4/h5-11H,1-4H3. The molecular weight excluding hydrogens is 374 g/mol. The van der Waals surface area contributed by atoms with Crippen LogP contribution in [0.4, 0.5) is 0 Å². The van der Waals surface area contributed by atoms with E-state index in [0.29, 0.717) is 28.8 Å². The second kappa shape index (κ2) is 7.63. The minimum atomic E-state index is 0.272. The molecule has 9 heteroatoms. The summed E-state index contributed by atoms with van der Waals surface area (Å²) in [6.45, 7) is 1.88. The van der Waals surface area contributed by atoms with Gasteiger partial charge in [0.25, 0.3) is 5.89 Å². The van der Waals surface area contributed by atoms with Gasteiger partial charge in [0.1, 0.15) is 11.4 Å². The van der Waals surface area contributed by atoms with Gasteiger partial charge in [-0.25, -0.2) is 4.68 Å². The van der Waals surface area contributed by atoms with E-state index in [-0.39, 0.29) is 5.89 Å². The third-order valence-electron chi connectivity index (χ3n) is 4.48. The van der Waals surface area contributed by atoms with Gasteiger partial charge in [0.05, 0.1) is 27.0 Å². The summed E-state index contributed by atoms with van der Waals surface area (Å²) < 4.78 is 23.1. The highest BCUT2D eigenvalue weighted by molar-refractivity contribution is 5.63. The van der Waals surface area contributed by atoms with Crippen LogP contribution in [0.25, 0.3) is 28.7 Å². The minimum Gasteiger partial charge on any atom is -0.494 e. The second-order valence-electron chi connectivity index (χ2n) is 6.10. The van der Waals surface area contributed by atoms with E-state index in [2.05, 4.69) is 20.5 Å². The Kier molecular flexibility index (Phi) is 4.86. The Morgan fingerprint density at radius 2 is 1.66 bits per heavy atom. The van der Waals surface area contributed by atoms with Crippen molar-refractivity contribution in [2.24, 2.45) is 0 Å². The van der Waals surface area contributed by atoms with Crippen LogP contribution in [-0.4, -0.2) is 46.5 Å². The molecular formula is C20H19N5O4. The molecule has 0 aliphatic rings. The monoisotopic (exact) mass is 393 g/mol. The Hall–Kier alpha value is -3.88. The molecule has 2 heterocycles. The predicted molar refractivity (Wildman–Crippen MR) is 104 cm³/mol. The summed E-state index contributed by atoms with van der Waals surface area (Å²) in [6.07, 6.45) is 0. The normalized spacial score (nSPS) is 10.8. The number of hydrogen-bond donors (Lipinski definition) is 0. The lowest BCUT2D eigenvalue weighted by Gasteiger charge is -2.08. The molecule has 0 aliphatic heterocycles. The summed E-state index contributed by atoms with van der Waals surface area (Å²) in [7, 11) is 4.76. The van der Waals surface area contributed by atoms with Crippen LogP contribution < -0.4 is 14.2 Å². The molecule has 0 bridgehead atoms. The first kappa shape index (κ1) is 18.5. The Labute approximate surface area is 166 Å². The first-order valence-electron chi connectivity index (χ1n) is 8.78. The Balaban J connectivity index is 1.70. The average molecular weight is 393 g/mol. The lowest BCUT2D eigenvalue weighted by atomic mass is 10.2. The third-order valence-corrected chi connectivity index (χ3v) is 4.48. The fraction of sp³-hybridized carbons (Fsp3) is 0.200. The highest BCUT2D eigenvalue weighted by atomic mass is 16.5. The fourth-order valence-corrected chi connectivity index (χ4v) is 2.97. The number of hydrogen-bond acceptors (Lipinski definition) is 8. The van der Waals surface area contributed by atoms with Gasteiger partial charge in [0.2, 0.25) is 5.82 Å². The molecule has 0 spiro atoms. The van der Waals surface area contributed by atoms with E-state index >= 15 is 0 Å². The van der Waals surface area contributed by atoms with Crippen LogP contribution in [0, 0.1) is 6.92 Å². The maximum absolute atomic E-state index is 5.44. The first-order chi connectivity index (χ1) is 14.2. The molecule has 0 fully saturated rings. The smallest absolute Gasteiger partial charge is 0.280 e. The van der Waals surface area contributed by atoms with Crippen molar-refractivity contribution in [1.29, 1.82) is 0 Å². The van der Waals surface area contributed by atoms with Crippen LogP contribution in [0.15, 0.2) is 47.0 Å². The average Bonchev–Trinajstić information content (AvgIpc) is 3.40. The van der Waals surface area contributed by atoms with Crippen molar-refractivity contribution in [3.8, 4) is 45.9 Å². The van der Waals surface area contributed by atoms with Crippen molar-refractivity contribution >= 4 is 0 Å². The van der Waals surface area contributed by atoms with Crippen LogP contribution in [0.5, 0.6) is 17.2 Å². The fourth-order valence-electron chi connectivity index (χ4n) is 2.97. The Bertz CT molecular complexity index is 1150. The molecule has 0 atom stereocenters. The zero-order valence-electron chi connectivity index (χ0n) is 16.4. The summed E-state index contributed by atoms with van der Waals surface area (Å²) in [5, 5.41) is 12.5. The Morgan fingerprint density at radius 1 is 0.897 bits per heavy atom. The van der Waals surface area contributed by atoms with Crippen molar-refractivity contribution in [1.82, 2.24) is 25.1 Å². The zero-order chi connectivity index (χ0) is 20.4. The third kappa shape index (κ3) is 3.27. The van der Waals surface area contributed by atoms with Crippen molar-refractivity contribution in [2.45, 2.75) is 6.92 Å². The summed E-state index contributed by atoms with van der Waals surface area (Å²) in [5.74, 6) is 2.56. The highest BCUT2D eigenvalue weighted by Gasteiger charge is 2.20. The van der Waals surface area contributed by atoms with Gasteiger partial charge in [0, 0.05) is 5.56 Å². The quantitative estimate of drug-likeness (QED) is 0.492. The molecule has 0 radical (unpaired) electrons. The number of benzene rings is 2. The lowest BCUT2D eigenvalue weighted by molar-refractivity contribution is 0.355. The molecule has 0 saturated heterocycles. The van der Waals surface area contributed by atoms with Crippen LogP contribution >= 0.6 is 0 Å². The van der Waals surface area contributed by atoms with Gasteiger partial charge in [-0.3, -0.25) is 0 Å². The van der Waals surface area contributed by atoms with Crippen molar-refractivity contribution < 1.29 is 18.7 Å². The molecule has 0 saturated carbocycles. The van der Waals surface area contributed by atoms with Gasteiger partial charge in [-0.05, 0) is 37.3 Å². The zero-order valence-corrected chi connectivity index (χ0v) is 16.4. The van der Waals surface area contributed by atoms with Crippen LogP contribution in [0.2, 0.25) is 0 Å². The molecule has 4 aromatic rings. The van der Waals surface area contributed by atoms with Crippen molar-refractivity contribution in [3.63, 3.8) is 0 Å². The molecule has 0 unspecified atom stereocenters. The predicted octanol–water partition coefficient (Wildman–Crippen LogP) is 3.32. The number of rotatable bonds is 6. The van der Waals surface area contributed by atoms with E-state index < -0.39 is 0 Å². The van der Waals surface area contributed by atoms with Gasteiger partial charge < -0.3 is 18.7 Å². The van der Waals surface area contributed by atoms with Gasteiger partial charge in [-0.2, -0.15) is 4.98 Å². The summed E-state index contributed by atoms with van der Waals surface area (Å²) in [6, 6.07) is 12.9. The number of aromatic nitrogens is 5. The number of nitrogens with zero attached hydrogens (tertiary/aromatic N) is 5. The van der Waals surface area contributed by atoms with Crippen LogP contribution in [0.1, 0.15) is 5.69 Å². The summed E-state index contributed by atoms with van der Waals surface area (Å²) >= 11 is 0. The van der Waals surface area contributed by atoms with Crippen LogP contribution in [0.3, 0.4) is 0 Å². The van der Waals surface area contributed by atoms with E-state index in [1.165, 1.54) is 0 Å². The van der Waals surface area contributed by atoms with Gasteiger partial charge >= 0.3 is 0 Å². The molecule has 0 aliphatic carbocycles. The second-order valence-corrected chi connectivity index (χ2v) is 6.10. The van der Waals surface area contributed by atoms with E-state index in [4.69, 9.17) is 18.7 Å². The molecule has 29 heavy (non-hydrogen) atoms. The first-order valence-corrected chi connectivity index (χ1v) is 8.78. The van der Waals surface area contributed by atoms with E-state index in [9.17, 15) is 0 Å². The molecule has 0 N–H and O–H groups in total. The number of methoxy groups -OCH3 is 3. The summed E-state index contributed by atoms with van der Waals surface area (Å²) in [5.41, 5.74) is 2.74. The minimum absolute atomic E-state index is 0.272. The van der Waals surface area contributed by atoms with Gasteiger partial charge in [-0.15, -0.1) is 5.10 Å². The van der Waals surface area contributed by atoms with Crippen molar-refractivity contribution in [2.75, 3.05) is 21.3 Å². The maximum atomic E-state index is 5.44. The lowest BCUT2D eigenvalue weighted by Crippen LogP contribution is -2.01. The SMILES string of the molecule is COc1ccc(-c2noc(-c3nnn(-c4ccccc4OC)c3C)n2)cc1OC. The number of para-hydroxylation sites is 2. The Morgan fingerprint density at radius 3 is 2.41 bits per heavy atom. The van der Waals surface area contributed by atoms with Gasteiger partial charge in [-0.1, -0.05) is 22.5 Å². The molecule has 2 aromatic carbocycles. The number of ether oxygens (including phenoxy) is 3. The molecule has 2 aromatic heterocycles. The molecule has 9 nitrogen and oxygen atoms in total. The topological polar surface area (TPSA) is 97.3 Å². The van der Waals surface area contributed by atoms with Crippen LogP contribution in [-0.2, 0) is 0 Å². The van der Waals surface area contributed by atoms with E-state index in [0.717, 1.165) is 16.9 Å². The van der Waals surface area contributed by atoms with E-state index in [1.54, 1.807) is 38.1 Å². The summed E-state index contributed by atoms with van der Waals surface area (Å²) in [4.78, 5) is 4.47. The maximum Gasteiger partial charge on any atom is 0.280 e. The molecule has 4 rings (SSSR count). The highest BCUT2D eigenvalue weighted by Crippen LogP contribution is 2.32. The van der Waals surface area contributed by atoms with E-state index in [1.807, 2.05) is 37.3 Å². The molecule has 0 amide bonds. The molecule has 148 valence electrons. The van der Waals surface area contributed by atoms with Crippen molar-refractivity contribution in [3.05, 3.63) is 48.2 Å².